The molecule has 0 aliphatic carbocycles. The monoisotopic (exact) mass is 315 g/mol. The fourth-order valence-electron chi connectivity index (χ4n) is 3.08. The Labute approximate surface area is 145 Å². The second-order valence-corrected chi connectivity index (χ2v) is 6.27. The predicted molar refractivity (Wildman–Crippen MR) is 102 cm³/mol. The summed E-state index contributed by atoms with van der Waals surface area (Å²) in [6, 6.07) is 32.7. The van der Waals surface area contributed by atoms with E-state index in [1.54, 1.807) is 0 Å². The zero-order valence-electron chi connectivity index (χ0n) is 14.1. The maximum absolute atomic E-state index is 3.77. The van der Waals surface area contributed by atoms with Gasteiger partial charge in [-0.3, -0.25) is 0 Å². The van der Waals surface area contributed by atoms with Crippen LogP contribution in [0.15, 0.2) is 91.0 Å². The van der Waals surface area contributed by atoms with Crippen molar-refractivity contribution in [2.45, 2.75) is 25.3 Å². The van der Waals surface area contributed by atoms with E-state index in [0.717, 1.165) is 25.8 Å². The van der Waals surface area contributed by atoms with Crippen molar-refractivity contribution in [3.8, 4) is 0 Å². The van der Waals surface area contributed by atoms with E-state index in [9.17, 15) is 0 Å². The molecule has 24 heavy (non-hydrogen) atoms. The zero-order valence-corrected chi connectivity index (χ0v) is 14.1. The molecule has 1 N–H and O–H groups in total. The number of rotatable bonds is 8. The van der Waals surface area contributed by atoms with Crippen molar-refractivity contribution in [1.29, 1.82) is 0 Å². The maximum atomic E-state index is 3.77. The van der Waals surface area contributed by atoms with Crippen molar-refractivity contribution < 1.29 is 0 Å². The Morgan fingerprint density at radius 3 is 1.42 bits per heavy atom. The standard InChI is InChI=1S/C23H25N/c1-4-10-20(11-5-1)16-17-24-23(18-21-12-6-2-7-13-21)19-22-14-8-3-9-15-22/h1-15,23-24H,16-19H2. The van der Waals surface area contributed by atoms with Crippen LogP contribution in [0.3, 0.4) is 0 Å². The van der Waals surface area contributed by atoms with Crippen LogP contribution >= 0.6 is 0 Å². The first-order valence-electron chi connectivity index (χ1n) is 8.75. The second-order valence-electron chi connectivity index (χ2n) is 6.27. The highest BCUT2D eigenvalue weighted by Crippen LogP contribution is 2.10. The molecule has 1 heteroatoms. The molecule has 0 aliphatic rings. The SMILES string of the molecule is c1ccc(CCNC(Cc2ccccc2)Cc2ccccc2)cc1. The summed E-state index contributed by atoms with van der Waals surface area (Å²) >= 11 is 0. The molecule has 0 amide bonds. The lowest BCUT2D eigenvalue weighted by Crippen LogP contribution is -2.34. The number of hydrogen-bond acceptors (Lipinski definition) is 1. The van der Waals surface area contributed by atoms with Crippen molar-refractivity contribution in [2.75, 3.05) is 6.54 Å². The van der Waals surface area contributed by atoms with Gasteiger partial charge in [0.2, 0.25) is 0 Å². The van der Waals surface area contributed by atoms with Gasteiger partial charge >= 0.3 is 0 Å². The first-order valence-corrected chi connectivity index (χ1v) is 8.75. The van der Waals surface area contributed by atoms with Crippen molar-refractivity contribution in [3.05, 3.63) is 108 Å². The van der Waals surface area contributed by atoms with Gasteiger partial charge in [-0.15, -0.1) is 0 Å². The van der Waals surface area contributed by atoms with Crippen molar-refractivity contribution in [2.24, 2.45) is 0 Å². The lowest BCUT2D eigenvalue weighted by Gasteiger charge is -2.19. The van der Waals surface area contributed by atoms with Gasteiger partial charge in [-0.1, -0.05) is 91.0 Å². The number of benzene rings is 3. The summed E-state index contributed by atoms with van der Waals surface area (Å²) in [5.74, 6) is 0. The number of nitrogens with one attached hydrogen (secondary N) is 1. The minimum atomic E-state index is 0.457. The van der Waals surface area contributed by atoms with E-state index in [-0.39, 0.29) is 0 Å². The fraction of sp³-hybridized carbons (Fsp3) is 0.217. The third-order valence-corrected chi connectivity index (χ3v) is 4.34. The van der Waals surface area contributed by atoms with E-state index < -0.39 is 0 Å². The molecular formula is C23H25N. The lowest BCUT2D eigenvalue weighted by molar-refractivity contribution is 0.508. The van der Waals surface area contributed by atoms with Crippen LogP contribution in [0, 0.1) is 0 Å². The average molecular weight is 315 g/mol. The molecule has 0 bridgehead atoms. The molecule has 0 fully saturated rings. The molecule has 0 heterocycles. The molecule has 0 saturated carbocycles. The van der Waals surface area contributed by atoms with Gasteiger partial charge in [0.05, 0.1) is 0 Å². The third-order valence-electron chi connectivity index (χ3n) is 4.34. The fourth-order valence-corrected chi connectivity index (χ4v) is 3.08. The van der Waals surface area contributed by atoms with Crippen LogP contribution in [-0.2, 0) is 19.3 Å². The zero-order chi connectivity index (χ0) is 16.5. The van der Waals surface area contributed by atoms with Crippen LogP contribution in [0.1, 0.15) is 16.7 Å². The average Bonchev–Trinajstić information content (AvgIpc) is 2.64. The van der Waals surface area contributed by atoms with Crippen LogP contribution in [0.2, 0.25) is 0 Å². The van der Waals surface area contributed by atoms with E-state index in [2.05, 4.69) is 96.3 Å². The summed E-state index contributed by atoms with van der Waals surface area (Å²) in [4.78, 5) is 0. The van der Waals surface area contributed by atoms with Crippen LogP contribution in [0.5, 0.6) is 0 Å². The Bertz CT molecular complexity index is 650. The van der Waals surface area contributed by atoms with E-state index >= 15 is 0 Å². The van der Waals surface area contributed by atoms with Gasteiger partial charge in [0, 0.05) is 6.04 Å². The van der Waals surface area contributed by atoms with E-state index in [4.69, 9.17) is 0 Å². The summed E-state index contributed by atoms with van der Waals surface area (Å²) in [5, 5.41) is 3.77. The third kappa shape index (κ3) is 5.36. The molecule has 122 valence electrons. The van der Waals surface area contributed by atoms with Crippen molar-refractivity contribution in [3.63, 3.8) is 0 Å². The molecule has 0 aromatic heterocycles. The largest absolute Gasteiger partial charge is 0.313 e. The van der Waals surface area contributed by atoms with Gasteiger partial charge in [-0.25, -0.2) is 0 Å². The Balaban J connectivity index is 1.60. The molecule has 0 aliphatic heterocycles. The van der Waals surface area contributed by atoms with Crippen molar-refractivity contribution >= 4 is 0 Å². The highest BCUT2D eigenvalue weighted by atomic mass is 14.9. The molecule has 0 atom stereocenters. The minimum Gasteiger partial charge on any atom is -0.313 e. The molecule has 0 radical (unpaired) electrons. The van der Waals surface area contributed by atoms with Gasteiger partial charge in [-0.05, 0) is 42.5 Å². The molecular weight excluding hydrogens is 290 g/mol. The quantitative estimate of drug-likeness (QED) is 0.637. The van der Waals surface area contributed by atoms with E-state index in [1.165, 1.54) is 16.7 Å². The van der Waals surface area contributed by atoms with Crippen LogP contribution in [0.4, 0.5) is 0 Å². The van der Waals surface area contributed by atoms with Crippen molar-refractivity contribution in [1.82, 2.24) is 5.32 Å². The summed E-state index contributed by atoms with van der Waals surface area (Å²) in [5.41, 5.74) is 4.18. The second kappa shape index (κ2) is 9.05. The Morgan fingerprint density at radius 2 is 0.958 bits per heavy atom. The van der Waals surface area contributed by atoms with Gasteiger partial charge in [0.15, 0.2) is 0 Å². The van der Waals surface area contributed by atoms with Crippen LogP contribution in [0.25, 0.3) is 0 Å². The van der Waals surface area contributed by atoms with Gasteiger partial charge in [-0.2, -0.15) is 0 Å². The summed E-state index contributed by atoms with van der Waals surface area (Å²) in [6.07, 6.45) is 3.19. The molecule has 3 aromatic rings. The first kappa shape index (κ1) is 16.5. The molecule has 1 nitrogen and oxygen atoms in total. The normalized spacial score (nSPS) is 10.9. The number of hydrogen-bond donors (Lipinski definition) is 1. The van der Waals surface area contributed by atoms with Crippen LogP contribution in [-0.4, -0.2) is 12.6 Å². The predicted octanol–water partition coefficient (Wildman–Crippen LogP) is 4.67. The summed E-state index contributed by atoms with van der Waals surface area (Å²) in [6.45, 7) is 1.01. The Morgan fingerprint density at radius 1 is 0.542 bits per heavy atom. The highest BCUT2D eigenvalue weighted by molar-refractivity contribution is 5.20. The Kier molecular flexibility index (Phi) is 6.21. The molecule has 3 rings (SSSR count). The topological polar surface area (TPSA) is 12.0 Å². The lowest BCUT2D eigenvalue weighted by atomic mass is 9.98. The molecule has 3 aromatic carbocycles. The van der Waals surface area contributed by atoms with Crippen LogP contribution < -0.4 is 5.32 Å². The summed E-state index contributed by atoms with van der Waals surface area (Å²) < 4.78 is 0. The van der Waals surface area contributed by atoms with Gasteiger partial charge in [0.25, 0.3) is 0 Å². The van der Waals surface area contributed by atoms with Gasteiger partial charge < -0.3 is 5.32 Å². The van der Waals surface area contributed by atoms with Gasteiger partial charge in [0.1, 0.15) is 0 Å². The Hall–Kier alpha value is -2.38. The summed E-state index contributed by atoms with van der Waals surface area (Å²) in [7, 11) is 0. The molecule has 0 saturated heterocycles. The first-order chi connectivity index (χ1) is 11.9. The highest BCUT2D eigenvalue weighted by Gasteiger charge is 2.10. The van der Waals surface area contributed by atoms with E-state index in [1.807, 2.05) is 0 Å². The molecule has 0 spiro atoms. The van der Waals surface area contributed by atoms with E-state index in [0.29, 0.717) is 6.04 Å². The smallest absolute Gasteiger partial charge is 0.0148 e. The minimum absolute atomic E-state index is 0.457. The maximum Gasteiger partial charge on any atom is 0.0148 e. The molecule has 0 unspecified atom stereocenters.